The molecule has 0 bridgehead atoms. The summed E-state index contributed by atoms with van der Waals surface area (Å²) in [6.07, 6.45) is -10.1. The van der Waals surface area contributed by atoms with Crippen molar-refractivity contribution in [3.8, 4) is 5.75 Å². The number of carbonyl (C=O) groups excluding carboxylic acids is 2. The summed E-state index contributed by atoms with van der Waals surface area (Å²) in [5, 5.41) is 21.4. The number of halogens is 6. The molecule has 4 atom stereocenters. The zero-order chi connectivity index (χ0) is 29.1. The quantitative estimate of drug-likeness (QED) is 0.276. The predicted molar refractivity (Wildman–Crippen MR) is 130 cm³/mol. The Kier molecular flexibility index (Phi) is 7.02. The number of para-hydroxylation sites is 1. The first-order valence-corrected chi connectivity index (χ1v) is 12.7. The van der Waals surface area contributed by atoms with Gasteiger partial charge < -0.3 is 14.8 Å². The highest BCUT2D eigenvalue weighted by Gasteiger charge is 2.58. The topological polar surface area (TPSA) is 87.1 Å². The summed E-state index contributed by atoms with van der Waals surface area (Å²) in [6, 6.07) is 6.89. The lowest BCUT2D eigenvalue weighted by Gasteiger charge is -2.42. The molecule has 0 radical (unpaired) electrons. The van der Waals surface area contributed by atoms with Crippen molar-refractivity contribution in [1.29, 1.82) is 0 Å². The number of hydrogen-bond acceptors (Lipinski definition) is 5. The van der Waals surface area contributed by atoms with Gasteiger partial charge in [0.2, 0.25) is 11.8 Å². The summed E-state index contributed by atoms with van der Waals surface area (Å²) in [6.45, 7) is 1.87. The van der Waals surface area contributed by atoms with E-state index in [0.29, 0.717) is 46.5 Å². The Labute approximate surface area is 225 Å². The van der Waals surface area contributed by atoms with Gasteiger partial charge in [0.15, 0.2) is 0 Å². The predicted octanol–water partition coefficient (Wildman–Crippen LogP) is 5.83. The highest BCUT2D eigenvalue weighted by Crippen LogP contribution is 2.53. The van der Waals surface area contributed by atoms with E-state index in [2.05, 4.69) is 0 Å². The minimum absolute atomic E-state index is 0.0121. The van der Waals surface area contributed by atoms with Crippen molar-refractivity contribution in [2.75, 3.05) is 4.90 Å². The zero-order valence-electron chi connectivity index (χ0n) is 21.1. The molecule has 5 rings (SSSR count). The molecule has 40 heavy (non-hydrogen) atoms. The zero-order valence-corrected chi connectivity index (χ0v) is 21.1. The normalized spacial score (nSPS) is 25.4. The second-order valence-electron chi connectivity index (χ2n) is 10.3. The maximum absolute atomic E-state index is 13.8. The van der Waals surface area contributed by atoms with Gasteiger partial charge in [0.05, 0.1) is 34.8 Å². The first-order chi connectivity index (χ1) is 18.7. The van der Waals surface area contributed by atoms with Crippen molar-refractivity contribution in [3.63, 3.8) is 0 Å². The van der Waals surface area contributed by atoms with Crippen LogP contribution in [0.15, 0.2) is 53.5 Å². The Morgan fingerprint density at radius 3 is 2.17 bits per heavy atom. The molecule has 0 aromatic heterocycles. The van der Waals surface area contributed by atoms with Crippen LogP contribution in [0.5, 0.6) is 5.75 Å². The molecule has 3 aliphatic rings. The van der Waals surface area contributed by atoms with Gasteiger partial charge >= 0.3 is 19.5 Å². The maximum Gasteiger partial charge on any atom is 0.487 e. The average Bonchev–Trinajstić information content (AvgIpc) is 3.12. The van der Waals surface area contributed by atoms with Crippen LogP contribution in [0, 0.1) is 17.8 Å². The summed E-state index contributed by atoms with van der Waals surface area (Å²) in [5.74, 6) is -4.92. The molecule has 0 unspecified atom stereocenters. The molecule has 2 fully saturated rings. The summed E-state index contributed by atoms with van der Waals surface area (Å²) in [4.78, 5) is 27.7. The molecule has 2 aliphatic heterocycles. The Morgan fingerprint density at radius 2 is 1.60 bits per heavy atom. The van der Waals surface area contributed by atoms with Crippen LogP contribution in [-0.2, 0) is 26.6 Å². The summed E-state index contributed by atoms with van der Waals surface area (Å²) >= 11 is 0. The highest BCUT2D eigenvalue weighted by atomic mass is 19.4. The Hall–Kier alpha value is -3.32. The van der Waals surface area contributed by atoms with E-state index >= 15 is 0 Å². The maximum atomic E-state index is 13.8. The van der Waals surface area contributed by atoms with E-state index in [1.807, 2.05) is 6.92 Å². The van der Waals surface area contributed by atoms with Crippen LogP contribution in [-0.4, -0.2) is 29.1 Å². The number of fused-ring (bicyclic) bond motifs is 3. The molecule has 6 nitrogen and oxygen atoms in total. The summed E-state index contributed by atoms with van der Waals surface area (Å²) in [7, 11) is -1.48. The van der Waals surface area contributed by atoms with Gasteiger partial charge in [-0.25, -0.2) is 4.90 Å². The van der Waals surface area contributed by atoms with Gasteiger partial charge in [-0.3, -0.25) is 9.59 Å². The lowest BCUT2D eigenvalue weighted by atomic mass is 9.54. The fraction of sp³-hybridized carbons (Fsp3) is 0.407. The molecule has 2 aromatic rings. The van der Waals surface area contributed by atoms with E-state index in [-0.39, 0.29) is 24.7 Å². The van der Waals surface area contributed by atoms with E-state index in [9.17, 15) is 46.1 Å². The molecule has 1 aliphatic carbocycles. The fourth-order valence-corrected chi connectivity index (χ4v) is 6.23. The molecule has 212 valence electrons. The number of hydrogen-bond donors (Lipinski definition) is 2. The number of imide groups is 1. The molecule has 2 saturated heterocycles. The fourth-order valence-electron chi connectivity index (χ4n) is 6.23. The van der Waals surface area contributed by atoms with Crippen molar-refractivity contribution in [2.24, 2.45) is 17.8 Å². The standard InChI is InChI=1S/C27H24BF6NO5/c1-2-5-13-8-19-22(18-12-21(40-28(39)23(13)18)17-6-3-4-7-20(17)36)25(38)35(24(19)37)16-10-14(26(29,30)31)9-15(11-16)27(32,33)34/h3-4,6-7,9-11,18-19,21-22,36,39H,2,5,8,12H2,1H3/t18-,19-,21-,22+/m0/s1. The molecule has 0 spiro atoms. The number of alkyl halides is 6. The number of amides is 2. The van der Waals surface area contributed by atoms with Crippen LogP contribution in [0.3, 0.4) is 0 Å². The van der Waals surface area contributed by atoms with Crippen LogP contribution in [0.4, 0.5) is 32.0 Å². The third-order valence-electron chi connectivity index (χ3n) is 7.88. The number of aromatic hydroxyl groups is 1. The number of phenolic OH excluding ortho intramolecular Hbond substituents is 1. The van der Waals surface area contributed by atoms with E-state index in [1.165, 1.54) is 6.07 Å². The average molecular weight is 567 g/mol. The first-order valence-electron chi connectivity index (χ1n) is 12.7. The minimum atomic E-state index is -5.16. The van der Waals surface area contributed by atoms with Crippen molar-refractivity contribution < 1.29 is 50.7 Å². The minimum Gasteiger partial charge on any atom is -0.508 e. The smallest absolute Gasteiger partial charge is 0.487 e. The molecule has 0 saturated carbocycles. The van der Waals surface area contributed by atoms with Crippen LogP contribution >= 0.6 is 0 Å². The number of carbonyl (C=O) groups is 2. The lowest BCUT2D eigenvalue weighted by Crippen LogP contribution is -2.45. The van der Waals surface area contributed by atoms with Crippen LogP contribution in [0.2, 0.25) is 0 Å². The molecule has 2 amide bonds. The molecule has 2 heterocycles. The van der Waals surface area contributed by atoms with E-state index in [4.69, 9.17) is 4.65 Å². The monoisotopic (exact) mass is 567 g/mol. The third-order valence-corrected chi connectivity index (χ3v) is 7.88. The van der Waals surface area contributed by atoms with E-state index in [0.717, 1.165) is 0 Å². The summed E-state index contributed by atoms with van der Waals surface area (Å²) < 4.78 is 87.0. The largest absolute Gasteiger partial charge is 0.508 e. The van der Waals surface area contributed by atoms with Gasteiger partial charge in [0, 0.05) is 5.56 Å². The summed E-state index contributed by atoms with van der Waals surface area (Å²) in [5.41, 5.74) is -2.69. The molecule has 2 N–H and O–H groups in total. The van der Waals surface area contributed by atoms with Crippen LogP contribution in [0.1, 0.15) is 55.4 Å². The number of rotatable bonds is 4. The SMILES string of the molecule is CCCC1=C2B(O)O[C@H](c3ccccc3O)C[C@H]2[C@H]2C(=O)N(c3cc(C(F)(F)F)cc(C(F)(F)F)c3)C(=O)[C@H]2C1. The van der Waals surface area contributed by atoms with E-state index in [1.54, 1.807) is 18.2 Å². The van der Waals surface area contributed by atoms with Crippen LogP contribution in [0.25, 0.3) is 0 Å². The van der Waals surface area contributed by atoms with Gasteiger partial charge in [-0.15, -0.1) is 0 Å². The number of allylic oxidation sites excluding steroid dienone is 2. The number of benzene rings is 2. The Balaban J connectivity index is 1.59. The Morgan fingerprint density at radius 1 is 0.975 bits per heavy atom. The van der Waals surface area contributed by atoms with Gasteiger partial charge in [-0.1, -0.05) is 37.1 Å². The van der Waals surface area contributed by atoms with Crippen LogP contribution < -0.4 is 4.90 Å². The van der Waals surface area contributed by atoms with Gasteiger partial charge in [-0.05, 0) is 54.9 Å². The van der Waals surface area contributed by atoms with Gasteiger partial charge in [0.25, 0.3) is 0 Å². The van der Waals surface area contributed by atoms with Crippen molar-refractivity contribution >= 4 is 24.6 Å². The van der Waals surface area contributed by atoms with Gasteiger partial charge in [-0.2, -0.15) is 26.3 Å². The number of nitrogens with zero attached hydrogens (tertiary/aromatic N) is 1. The molecule has 13 heteroatoms. The molecular weight excluding hydrogens is 543 g/mol. The van der Waals surface area contributed by atoms with Crippen molar-refractivity contribution in [3.05, 3.63) is 70.2 Å². The second-order valence-corrected chi connectivity index (χ2v) is 10.3. The third kappa shape index (κ3) is 4.79. The lowest BCUT2D eigenvalue weighted by molar-refractivity contribution is -0.143. The molecule has 2 aromatic carbocycles. The second kappa shape index (κ2) is 9.95. The van der Waals surface area contributed by atoms with Crippen molar-refractivity contribution in [2.45, 2.75) is 51.1 Å². The number of anilines is 1. The van der Waals surface area contributed by atoms with E-state index < -0.39 is 72.0 Å². The van der Waals surface area contributed by atoms with Gasteiger partial charge in [0.1, 0.15) is 5.75 Å². The highest BCUT2D eigenvalue weighted by molar-refractivity contribution is 6.53. The Bertz CT molecular complexity index is 1360. The first kappa shape index (κ1) is 28.2. The van der Waals surface area contributed by atoms with Crippen molar-refractivity contribution in [1.82, 2.24) is 0 Å². The number of phenols is 1. The molecular formula is C27H24BF6NO5.